The maximum absolute atomic E-state index is 10.9. The van der Waals surface area contributed by atoms with Gasteiger partial charge >= 0.3 is 0 Å². The normalized spacial score (nSPS) is 20.9. The molecule has 148 valence electrons. The van der Waals surface area contributed by atoms with Crippen LogP contribution in [0.3, 0.4) is 0 Å². The van der Waals surface area contributed by atoms with Gasteiger partial charge in [0.1, 0.15) is 5.82 Å². The molecule has 7 nitrogen and oxygen atoms in total. The number of benzene rings is 1. The molecule has 0 bridgehead atoms. The van der Waals surface area contributed by atoms with Gasteiger partial charge in [0.25, 0.3) is 5.69 Å². The minimum atomic E-state index is -0.340. The van der Waals surface area contributed by atoms with Crippen molar-refractivity contribution in [2.24, 2.45) is 5.92 Å². The molecule has 4 rings (SSSR count). The van der Waals surface area contributed by atoms with E-state index in [1.165, 1.54) is 12.8 Å². The molecular formula is C21H27N5O2. The molecular weight excluding hydrogens is 354 g/mol. The number of anilines is 2. The standard InChI is InChI=1S/C21H27N5O2/c27-26(28)20-8-6-19(7-9-20)25-11-3-4-18(17-25)16-23-12-14-24(15-13-23)21-5-1-2-10-22-21/h1-2,5-10,18H,3-4,11-17H2. The van der Waals surface area contributed by atoms with Crippen LogP contribution in [0.15, 0.2) is 48.7 Å². The van der Waals surface area contributed by atoms with Crippen molar-refractivity contribution >= 4 is 17.2 Å². The molecule has 1 aromatic heterocycles. The summed E-state index contributed by atoms with van der Waals surface area (Å²) in [6.45, 7) is 7.38. The summed E-state index contributed by atoms with van der Waals surface area (Å²) in [7, 11) is 0. The van der Waals surface area contributed by atoms with Crippen LogP contribution in [-0.4, -0.2) is 60.6 Å². The van der Waals surface area contributed by atoms with E-state index in [9.17, 15) is 10.1 Å². The molecule has 0 radical (unpaired) electrons. The number of piperidine rings is 1. The Morgan fingerprint density at radius 1 is 1.00 bits per heavy atom. The Hall–Kier alpha value is -2.67. The van der Waals surface area contributed by atoms with Crippen molar-refractivity contribution in [3.63, 3.8) is 0 Å². The van der Waals surface area contributed by atoms with Crippen LogP contribution in [0.2, 0.25) is 0 Å². The van der Waals surface area contributed by atoms with E-state index in [1.807, 2.05) is 30.5 Å². The number of aromatic nitrogens is 1. The maximum Gasteiger partial charge on any atom is 0.269 e. The molecule has 2 fully saturated rings. The molecule has 7 heteroatoms. The molecule has 1 aromatic carbocycles. The Morgan fingerprint density at radius 3 is 2.46 bits per heavy atom. The first-order valence-electron chi connectivity index (χ1n) is 10.1. The Balaban J connectivity index is 1.29. The largest absolute Gasteiger partial charge is 0.371 e. The van der Waals surface area contributed by atoms with Gasteiger partial charge in [-0.05, 0) is 43.0 Å². The summed E-state index contributed by atoms with van der Waals surface area (Å²) >= 11 is 0. The monoisotopic (exact) mass is 381 g/mol. The Morgan fingerprint density at radius 2 is 1.79 bits per heavy atom. The molecule has 2 saturated heterocycles. The van der Waals surface area contributed by atoms with E-state index in [1.54, 1.807) is 12.1 Å². The first-order valence-corrected chi connectivity index (χ1v) is 10.1. The molecule has 2 aliphatic heterocycles. The third kappa shape index (κ3) is 4.42. The van der Waals surface area contributed by atoms with Crippen molar-refractivity contribution in [2.45, 2.75) is 12.8 Å². The van der Waals surface area contributed by atoms with E-state index in [4.69, 9.17) is 0 Å². The van der Waals surface area contributed by atoms with Crippen molar-refractivity contribution in [1.82, 2.24) is 9.88 Å². The molecule has 2 aromatic rings. The van der Waals surface area contributed by atoms with E-state index in [0.717, 1.165) is 57.3 Å². The summed E-state index contributed by atoms with van der Waals surface area (Å²) in [6, 6.07) is 13.1. The molecule has 1 unspecified atom stereocenters. The van der Waals surface area contributed by atoms with Gasteiger partial charge in [-0.25, -0.2) is 4.98 Å². The minimum absolute atomic E-state index is 0.156. The predicted octanol–water partition coefficient (Wildman–Crippen LogP) is 3.03. The summed E-state index contributed by atoms with van der Waals surface area (Å²) in [5, 5.41) is 10.9. The smallest absolute Gasteiger partial charge is 0.269 e. The molecule has 2 aliphatic rings. The second-order valence-corrected chi connectivity index (χ2v) is 7.70. The van der Waals surface area contributed by atoms with E-state index >= 15 is 0 Å². The van der Waals surface area contributed by atoms with E-state index in [-0.39, 0.29) is 10.6 Å². The third-order valence-electron chi connectivity index (χ3n) is 5.81. The van der Waals surface area contributed by atoms with E-state index < -0.39 is 0 Å². The van der Waals surface area contributed by atoms with Crippen LogP contribution in [0.1, 0.15) is 12.8 Å². The van der Waals surface area contributed by atoms with Gasteiger partial charge < -0.3 is 9.80 Å². The molecule has 3 heterocycles. The second kappa shape index (κ2) is 8.56. The third-order valence-corrected chi connectivity index (χ3v) is 5.81. The quantitative estimate of drug-likeness (QED) is 0.586. The lowest BCUT2D eigenvalue weighted by Gasteiger charge is -2.40. The molecule has 0 spiro atoms. The van der Waals surface area contributed by atoms with Crippen molar-refractivity contribution in [1.29, 1.82) is 0 Å². The molecule has 0 amide bonds. The van der Waals surface area contributed by atoms with E-state index in [0.29, 0.717) is 5.92 Å². The summed E-state index contributed by atoms with van der Waals surface area (Å²) in [5.41, 5.74) is 1.25. The first kappa shape index (κ1) is 18.7. The lowest BCUT2D eigenvalue weighted by Crippen LogP contribution is -2.49. The lowest BCUT2D eigenvalue weighted by molar-refractivity contribution is -0.384. The average Bonchev–Trinajstić information content (AvgIpc) is 2.75. The van der Waals surface area contributed by atoms with Gasteiger partial charge in [-0.15, -0.1) is 0 Å². The SMILES string of the molecule is O=[N+]([O-])c1ccc(N2CCCC(CN3CCN(c4ccccn4)CC3)C2)cc1. The van der Waals surface area contributed by atoms with E-state index in [2.05, 4.69) is 25.8 Å². The Labute approximate surface area is 165 Å². The number of pyridine rings is 1. The average molecular weight is 381 g/mol. The highest BCUT2D eigenvalue weighted by atomic mass is 16.6. The van der Waals surface area contributed by atoms with Gasteiger partial charge in [0.15, 0.2) is 0 Å². The molecule has 28 heavy (non-hydrogen) atoms. The van der Waals surface area contributed by atoms with Crippen LogP contribution in [0.4, 0.5) is 17.2 Å². The number of piperazine rings is 1. The first-order chi connectivity index (χ1) is 13.7. The van der Waals surface area contributed by atoms with Crippen LogP contribution in [-0.2, 0) is 0 Å². The van der Waals surface area contributed by atoms with Gasteiger partial charge in [-0.1, -0.05) is 6.07 Å². The van der Waals surface area contributed by atoms with Crippen LogP contribution < -0.4 is 9.80 Å². The fourth-order valence-electron chi connectivity index (χ4n) is 4.30. The number of nitro groups is 1. The van der Waals surface area contributed by atoms with Crippen molar-refractivity contribution < 1.29 is 4.92 Å². The van der Waals surface area contributed by atoms with Gasteiger partial charge in [0.2, 0.25) is 0 Å². The number of nitro benzene ring substituents is 1. The topological polar surface area (TPSA) is 65.8 Å². The van der Waals surface area contributed by atoms with Crippen LogP contribution in [0.5, 0.6) is 0 Å². The lowest BCUT2D eigenvalue weighted by atomic mass is 9.96. The van der Waals surface area contributed by atoms with Crippen molar-refractivity contribution in [2.75, 3.05) is 55.6 Å². The zero-order valence-electron chi connectivity index (χ0n) is 16.1. The zero-order chi connectivity index (χ0) is 19.3. The van der Waals surface area contributed by atoms with Crippen LogP contribution in [0.25, 0.3) is 0 Å². The second-order valence-electron chi connectivity index (χ2n) is 7.70. The highest BCUT2D eigenvalue weighted by Gasteiger charge is 2.25. The number of nitrogens with zero attached hydrogens (tertiary/aromatic N) is 5. The molecule has 1 atom stereocenters. The molecule has 0 saturated carbocycles. The highest BCUT2D eigenvalue weighted by Crippen LogP contribution is 2.26. The van der Waals surface area contributed by atoms with Crippen molar-refractivity contribution in [3.05, 3.63) is 58.8 Å². The minimum Gasteiger partial charge on any atom is -0.371 e. The van der Waals surface area contributed by atoms with Crippen LogP contribution in [0, 0.1) is 16.0 Å². The van der Waals surface area contributed by atoms with Crippen LogP contribution >= 0.6 is 0 Å². The Kier molecular flexibility index (Phi) is 5.71. The number of hydrogen-bond acceptors (Lipinski definition) is 6. The predicted molar refractivity (Wildman–Crippen MR) is 111 cm³/mol. The summed E-state index contributed by atoms with van der Waals surface area (Å²) in [4.78, 5) is 22.3. The zero-order valence-corrected chi connectivity index (χ0v) is 16.1. The summed E-state index contributed by atoms with van der Waals surface area (Å²) in [6.07, 6.45) is 4.29. The van der Waals surface area contributed by atoms with Gasteiger partial charge in [-0.2, -0.15) is 0 Å². The molecule has 0 aliphatic carbocycles. The summed E-state index contributed by atoms with van der Waals surface area (Å²) < 4.78 is 0. The van der Waals surface area contributed by atoms with Gasteiger partial charge in [0.05, 0.1) is 4.92 Å². The highest BCUT2D eigenvalue weighted by molar-refractivity contribution is 5.51. The number of rotatable bonds is 5. The van der Waals surface area contributed by atoms with Gasteiger partial charge in [0, 0.05) is 69.8 Å². The molecule has 0 N–H and O–H groups in total. The maximum atomic E-state index is 10.9. The number of non-ortho nitro benzene ring substituents is 1. The fourth-order valence-corrected chi connectivity index (χ4v) is 4.30. The van der Waals surface area contributed by atoms with Crippen molar-refractivity contribution in [3.8, 4) is 0 Å². The van der Waals surface area contributed by atoms with Gasteiger partial charge in [-0.3, -0.25) is 15.0 Å². The Bertz CT molecular complexity index is 775. The number of hydrogen-bond donors (Lipinski definition) is 0. The summed E-state index contributed by atoms with van der Waals surface area (Å²) in [5.74, 6) is 1.72. The fraction of sp³-hybridized carbons (Fsp3) is 0.476.